The summed E-state index contributed by atoms with van der Waals surface area (Å²) in [5, 5.41) is 2.83. The third kappa shape index (κ3) is 4.41. The Morgan fingerprint density at radius 2 is 1.84 bits per heavy atom. The van der Waals surface area contributed by atoms with Crippen LogP contribution in [0.5, 0.6) is 17.4 Å². The van der Waals surface area contributed by atoms with Crippen LogP contribution in [-0.2, 0) is 4.79 Å². The van der Waals surface area contributed by atoms with E-state index in [2.05, 4.69) is 10.3 Å². The molecule has 1 amide bonds. The van der Waals surface area contributed by atoms with E-state index in [0.717, 1.165) is 25.7 Å². The van der Waals surface area contributed by atoms with Crippen molar-refractivity contribution in [3.05, 3.63) is 42.6 Å². The van der Waals surface area contributed by atoms with Crippen molar-refractivity contribution in [1.29, 1.82) is 0 Å². The first kappa shape index (κ1) is 19.0. The first-order chi connectivity index (χ1) is 11.6. The number of hydrogen-bond acceptors (Lipinski definition) is 5. The minimum atomic E-state index is -0.757. The average molecular weight is 364 g/mol. The van der Waals surface area contributed by atoms with E-state index in [9.17, 15) is 4.79 Å². The zero-order valence-electron chi connectivity index (χ0n) is 14.0. The fourth-order valence-corrected chi connectivity index (χ4v) is 2.82. The molecule has 25 heavy (non-hydrogen) atoms. The Bertz CT molecular complexity index is 716. The van der Waals surface area contributed by atoms with Crippen molar-refractivity contribution in [3.63, 3.8) is 0 Å². The Labute approximate surface area is 153 Å². The van der Waals surface area contributed by atoms with Gasteiger partial charge in [-0.05, 0) is 31.0 Å². The number of ether oxygens (including phenoxy) is 2. The Kier molecular flexibility index (Phi) is 6.22. The molecule has 7 heteroatoms. The number of para-hydroxylation sites is 2. The van der Waals surface area contributed by atoms with E-state index < -0.39 is 5.54 Å². The van der Waals surface area contributed by atoms with Crippen LogP contribution in [0.2, 0.25) is 0 Å². The van der Waals surface area contributed by atoms with Gasteiger partial charge in [0.15, 0.2) is 11.5 Å². The van der Waals surface area contributed by atoms with Gasteiger partial charge in [0.2, 0.25) is 11.8 Å². The van der Waals surface area contributed by atoms with Gasteiger partial charge in [-0.2, -0.15) is 0 Å². The molecule has 0 bridgehead atoms. The number of nitrogens with one attached hydrogen (secondary N) is 1. The van der Waals surface area contributed by atoms with Crippen molar-refractivity contribution in [1.82, 2.24) is 4.98 Å². The summed E-state index contributed by atoms with van der Waals surface area (Å²) in [6.45, 7) is 0. The summed E-state index contributed by atoms with van der Waals surface area (Å²) in [6, 6.07) is 10.8. The van der Waals surface area contributed by atoms with Crippen LogP contribution in [0.15, 0.2) is 42.6 Å². The summed E-state index contributed by atoms with van der Waals surface area (Å²) in [6.07, 6.45) is 4.99. The van der Waals surface area contributed by atoms with Gasteiger partial charge in [0.25, 0.3) is 0 Å². The van der Waals surface area contributed by atoms with E-state index >= 15 is 0 Å². The lowest BCUT2D eigenvalue weighted by molar-refractivity contribution is -0.121. The van der Waals surface area contributed by atoms with Crippen LogP contribution in [0.3, 0.4) is 0 Å². The summed E-state index contributed by atoms with van der Waals surface area (Å²) in [7, 11) is 1.58. The third-order valence-corrected chi connectivity index (χ3v) is 4.23. The monoisotopic (exact) mass is 363 g/mol. The second-order valence-corrected chi connectivity index (χ2v) is 5.96. The number of rotatable bonds is 5. The first-order valence-electron chi connectivity index (χ1n) is 7.98. The second kappa shape index (κ2) is 8.18. The molecule has 0 radical (unpaired) electrons. The van der Waals surface area contributed by atoms with Crippen molar-refractivity contribution in [2.75, 3.05) is 12.4 Å². The highest BCUT2D eigenvalue weighted by Crippen LogP contribution is 2.31. The number of anilines is 1. The molecule has 1 aromatic heterocycles. The SMILES string of the molecule is COc1ccccc1Oc1ccc(NC(=O)C2(N)CCCC2)cn1.Cl. The van der Waals surface area contributed by atoms with E-state index in [-0.39, 0.29) is 18.3 Å². The fraction of sp³-hybridized carbons (Fsp3) is 0.333. The van der Waals surface area contributed by atoms with Crippen molar-refractivity contribution in [3.8, 4) is 17.4 Å². The van der Waals surface area contributed by atoms with E-state index in [1.54, 1.807) is 31.5 Å². The molecule has 0 spiro atoms. The molecule has 0 aliphatic heterocycles. The number of nitrogens with two attached hydrogens (primary N) is 1. The van der Waals surface area contributed by atoms with Gasteiger partial charge in [0, 0.05) is 6.07 Å². The highest BCUT2D eigenvalue weighted by Gasteiger charge is 2.36. The Balaban J connectivity index is 0.00000225. The topological polar surface area (TPSA) is 86.5 Å². The maximum Gasteiger partial charge on any atom is 0.244 e. The van der Waals surface area contributed by atoms with Crippen molar-refractivity contribution in [2.24, 2.45) is 5.73 Å². The number of pyridine rings is 1. The number of aromatic nitrogens is 1. The maximum absolute atomic E-state index is 12.3. The molecular weight excluding hydrogens is 342 g/mol. The molecule has 6 nitrogen and oxygen atoms in total. The summed E-state index contributed by atoms with van der Waals surface area (Å²) in [5.74, 6) is 1.47. The zero-order valence-corrected chi connectivity index (χ0v) is 14.8. The van der Waals surface area contributed by atoms with Crippen LogP contribution in [0.25, 0.3) is 0 Å². The highest BCUT2D eigenvalue weighted by molar-refractivity contribution is 5.98. The van der Waals surface area contributed by atoms with Gasteiger partial charge >= 0.3 is 0 Å². The van der Waals surface area contributed by atoms with Gasteiger partial charge in [-0.15, -0.1) is 12.4 Å². The highest BCUT2D eigenvalue weighted by atomic mass is 35.5. The fourth-order valence-electron chi connectivity index (χ4n) is 2.82. The van der Waals surface area contributed by atoms with Crippen molar-refractivity contribution in [2.45, 2.75) is 31.2 Å². The first-order valence-corrected chi connectivity index (χ1v) is 7.98. The molecule has 2 aromatic rings. The third-order valence-electron chi connectivity index (χ3n) is 4.23. The summed E-state index contributed by atoms with van der Waals surface area (Å²) in [4.78, 5) is 16.5. The van der Waals surface area contributed by atoms with E-state index in [1.165, 1.54) is 0 Å². The lowest BCUT2D eigenvalue weighted by Crippen LogP contribution is -2.48. The van der Waals surface area contributed by atoms with Crippen LogP contribution in [-0.4, -0.2) is 23.5 Å². The molecule has 3 N–H and O–H groups in total. The predicted octanol–water partition coefficient (Wildman–Crippen LogP) is 3.51. The summed E-state index contributed by atoms with van der Waals surface area (Å²) >= 11 is 0. The lowest BCUT2D eigenvalue weighted by Gasteiger charge is -2.22. The number of carbonyl (C=O) groups excluding carboxylic acids is 1. The second-order valence-electron chi connectivity index (χ2n) is 5.96. The minimum Gasteiger partial charge on any atom is -0.493 e. The number of halogens is 1. The molecule has 1 saturated carbocycles. The predicted molar refractivity (Wildman–Crippen MR) is 98.6 cm³/mol. The quantitative estimate of drug-likeness (QED) is 0.848. The lowest BCUT2D eigenvalue weighted by atomic mass is 9.98. The molecule has 0 saturated heterocycles. The van der Waals surface area contributed by atoms with Crippen LogP contribution < -0.4 is 20.5 Å². The molecule has 1 aliphatic rings. The maximum atomic E-state index is 12.3. The summed E-state index contributed by atoms with van der Waals surface area (Å²) < 4.78 is 10.9. The largest absolute Gasteiger partial charge is 0.493 e. The van der Waals surface area contributed by atoms with E-state index in [0.29, 0.717) is 23.1 Å². The van der Waals surface area contributed by atoms with Gasteiger partial charge < -0.3 is 20.5 Å². The van der Waals surface area contributed by atoms with Crippen LogP contribution in [0.4, 0.5) is 5.69 Å². The van der Waals surface area contributed by atoms with E-state index in [1.807, 2.05) is 18.2 Å². The molecule has 1 heterocycles. The number of benzene rings is 1. The molecule has 3 rings (SSSR count). The van der Waals surface area contributed by atoms with Crippen molar-refractivity contribution < 1.29 is 14.3 Å². The van der Waals surface area contributed by atoms with Crippen LogP contribution in [0, 0.1) is 0 Å². The smallest absolute Gasteiger partial charge is 0.244 e. The van der Waals surface area contributed by atoms with Gasteiger partial charge in [0.1, 0.15) is 0 Å². The molecule has 134 valence electrons. The number of amides is 1. The average Bonchev–Trinajstić information content (AvgIpc) is 3.05. The Morgan fingerprint density at radius 3 is 2.44 bits per heavy atom. The normalized spacial score (nSPS) is 15.1. The van der Waals surface area contributed by atoms with Crippen LogP contribution in [0.1, 0.15) is 25.7 Å². The van der Waals surface area contributed by atoms with Gasteiger partial charge in [0.05, 0.1) is 24.5 Å². The van der Waals surface area contributed by atoms with Gasteiger partial charge in [-0.25, -0.2) is 4.98 Å². The standard InChI is InChI=1S/C18H21N3O3.ClH/c1-23-14-6-2-3-7-15(14)24-16-9-8-13(12-20-16)21-17(22)18(19)10-4-5-11-18;/h2-3,6-9,12H,4-5,10-11,19H2,1H3,(H,21,22);1H. The van der Waals surface area contributed by atoms with Gasteiger partial charge in [-0.3, -0.25) is 4.79 Å². The minimum absolute atomic E-state index is 0. The Morgan fingerprint density at radius 1 is 1.16 bits per heavy atom. The molecule has 1 fully saturated rings. The number of nitrogens with zero attached hydrogens (tertiary/aromatic N) is 1. The molecule has 0 unspecified atom stereocenters. The molecule has 0 atom stereocenters. The molecule has 1 aromatic carbocycles. The summed E-state index contributed by atoms with van der Waals surface area (Å²) in [5.41, 5.74) is 5.99. The van der Waals surface area contributed by atoms with Crippen molar-refractivity contribution >= 4 is 24.0 Å². The number of methoxy groups -OCH3 is 1. The Hall–Kier alpha value is -2.31. The zero-order chi connectivity index (χ0) is 17.0. The number of hydrogen-bond donors (Lipinski definition) is 2. The number of carbonyl (C=O) groups is 1. The van der Waals surface area contributed by atoms with Gasteiger partial charge in [-0.1, -0.05) is 25.0 Å². The van der Waals surface area contributed by atoms with E-state index in [4.69, 9.17) is 15.2 Å². The molecule has 1 aliphatic carbocycles. The molecular formula is C18H22ClN3O3. The van der Waals surface area contributed by atoms with Crippen LogP contribution >= 0.6 is 12.4 Å².